The molecule has 0 bridgehead atoms. The van der Waals surface area contributed by atoms with Gasteiger partial charge in [0.1, 0.15) is 0 Å². The van der Waals surface area contributed by atoms with Crippen molar-refractivity contribution < 1.29 is 9.59 Å². The number of carbonyl (C=O) groups is 2. The summed E-state index contributed by atoms with van der Waals surface area (Å²) in [6.07, 6.45) is 4.97. The van der Waals surface area contributed by atoms with Gasteiger partial charge in [0.05, 0.1) is 0 Å². The van der Waals surface area contributed by atoms with Crippen LogP contribution in [0.5, 0.6) is 0 Å². The molecule has 3 aromatic rings. The van der Waals surface area contributed by atoms with Crippen molar-refractivity contribution in [1.29, 1.82) is 0 Å². The normalized spacial score (nSPS) is 14.5. The van der Waals surface area contributed by atoms with Gasteiger partial charge in [-0.15, -0.1) is 0 Å². The molecule has 4 nitrogen and oxygen atoms in total. The van der Waals surface area contributed by atoms with Crippen molar-refractivity contribution in [2.45, 2.75) is 25.8 Å². The van der Waals surface area contributed by atoms with Crippen LogP contribution in [0.3, 0.4) is 0 Å². The summed E-state index contributed by atoms with van der Waals surface area (Å²) < 4.78 is 0. The summed E-state index contributed by atoms with van der Waals surface area (Å²) in [5, 5.41) is 3.08. The molecule has 0 saturated carbocycles. The van der Waals surface area contributed by atoms with Gasteiger partial charge < -0.3 is 10.2 Å². The van der Waals surface area contributed by atoms with E-state index in [1.54, 1.807) is 6.08 Å². The molecule has 1 fully saturated rings. The number of amides is 2. The third-order valence-electron chi connectivity index (χ3n) is 5.85. The van der Waals surface area contributed by atoms with Crippen LogP contribution in [0.2, 0.25) is 0 Å². The molecule has 32 heavy (non-hydrogen) atoms. The quantitative estimate of drug-likeness (QED) is 0.580. The second-order valence-corrected chi connectivity index (χ2v) is 8.27. The topological polar surface area (TPSA) is 49.4 Å². The van der Waals surface area contributed by atoms with Crippen LogP contribution < -0.4 is 5.32 Å². The minimum Gasteiger partial charge on any atom is -0.350 e. The Hall–Kier alpha value is -3.66. The number of hydrogen-bond donors (Lipinski definition) is 1. The Balaban J connectivity index is 1.28. The minimum absolute atomic E-state index is 0.0629. The molecule has 0 aliphatic carbocycles. The molecule has 2 amide bonds. The molecule has 0 spiro atoms. The van der Waals surface area contributed by atoms with E-state index in [0.29, 0.717) is 13.1 Å². The van der Waals surface area contributed by atoms with Crippen molar-refractivity contribution in [3.05, 3.63) is 102 Å². The highest BCUT2D eigenvalue weighted by Gasteiger charge is 2.24. The third-order valence-corrected chi connectivity index (χ3v) is 5.85. The first-order chi connectivity index (χ1) is 15.6. The summed E-state index contributed by atoms with van der Waals surface area (Å²) in [6, 6.07) is 26.1. The number of nitrogens with zero attached hydrogens (tertiary/aromatic N) is 1. The van der Waals surface area contributed by atoms with Crippen molar-refractivity contribution in [2.24, 2.45) is 0 Å². The summed E-state index contributed by atoms with van der Waals surface area (Å²) in [5.74, 6) is -0.0357. The van der Waals surface area contributed by atoms with E-state index >= 15 is 0 Å². The van der Waals surface area contributed by atoms with Crippen molar-refractivity contribution in [2.75, 3.05) is 13.1 Å². The first-order valence-corrected chi connectivity index (χ1v) is 11.1. The molecule has 1 heterocycles. The molecule has 1 aliphatic heterocycles. The lowest BCUT2D eigenvalue weighted by Gasteiger charge is -2.32. The van der Waals surface area contributed by atoms with E-state index in [1.165, 1.54) is 0 Å². The highest BCUT2D eigenvalue weighted by atomic mass is 16.2. The van der Waals surface area contributed by atoms with Gasteiger partial charge in [-0.2, -0.15) is 0 Å². The third kappa shape index (κ3) is 5.52. The number of likely N-dealkylation sites (tertiary alicyclic amines) is 1. The highest BCUT2D eigenvalue weighted by Crippen LogP contribution is 2.20. The molecule has 0 unspecified atom stereocenters. The zero-order valence-corrected chi connectivity index (χ0v) is 18.3. The molecular weight excluding hydrogens is 396 g/mol. The summed E-state index contributed by atoms with van der Waals surface area (Å²) in [7, 11) is 0. The lowest BCUT2D eigenvalue weighted by atomic mass is 10.0. The predicted octanol–water partition coefficient (Wildman–Crippen LogP) is 5.10. The first-order valence-electron chi connectivity index (χ1n) is 11.1. The molecule has 0 aromatic heterocycles. The Morgan fingerprint density at radius 3 is 2.28 bits per heavy atom. The summed E-state index contributed by atoms with van der Waals surface area (Å²) in [6.45, 7) is 3.32. The molecular formula is C28H28N2O2. The van der Waals surface area contributed by atoms with Gasteiger partial charge in [-0.3, -0.25) is 9.59 Å². The summed E-state index contributed by atoms with van der Waals surface area (Å²) in [5.41, 5.74) is 5.12. The largest absolute Gasteiger partial charge is 0.350 e. The van der Waals surface area contributed by atoms with Crippen LogP contribution in [-0.4, -0.2) is 35.8 Å². The number of nitrogens with one attached hydrogen (secondary N) is 1. The van der Waals surface area contributed by atoms with Crippen LogP contribution >= 0.6 is 0 Å². The Bertz CT molecular complexity index is 1100. The molecule has 1 saturated heterocycles. The lowest BCUT2D eigenvalue weighted by Crippen LogP contribution is -2.46. The van der Waals surface area contributed by atoms with Gasteiger partial charge in [-0.1, -0.05) is 66.2 Å². The number of benzene rings is 3. The predicted molar refractivity (Wildman–Crippen MR) is 129 cm³/mol. The van der Waals surface area contributed by atoms with E-state index in [4.69, 9.17) is 0 Å². The monoisotopic (exact) mass is 424 g/mol. The van der Waals surface area contributed by atoms with E-state index in [1.807, 2.05) is 72.5 Å². The van der Waals surface area contributed by atoms with E-state index in [2.05, 4.69) is 29.6 Å². The molecule has 3 aromatic carbocycles. The van der Waals surface area contributed by atoms with Crippen LogP contribution in [0.1, 0.15) is 34.3 Å². The fraction of sp³-hybridized carbons (Fsp3) is 0.214. The average molecular weight is 425 g/mol. The van der Waals surface area contributed by atoms with Crippen LogP contribution in [-0.2, 0) is 4.79 Å². The van der Waals surface area contributed by atoms with Crippen molar-refractivity contribution in [1.82, 2.24) is 10.2 Å². The number of carbonyl (C=O) groups excluding carboxylic acids is 2. The van der Waals surface area contributed by atoms with Gasteiger partial charge in [0.2, 0.25) is 5.91 Å². The molecule has 0 atom stereocenters. The van der Waals surface area contributed by atoms with Gasteiger partial charge >= 0.3 is 0 Å². The average Bonchev–Trinajstić information content (AvgIpc) is 2.84. The van der Waals surface area contributed by atoms with Crippen molar-refractivity contribution in [3.63, 3.8) is 0 Å². The maximum absolute atomic E-state index is 12.7. The second kappa shape index (κ2) is 10.1. The molecule has 4 heteroatoms. The number of hydrogen-bond acceptors (Lipinski definition) is 2. The zero-order valence-electron chi connectivity index (χ0n) is 18.3. The van der Waals surface area contributed by atoms with Gasteiger partial charge in [-0.05, 0) is 60.7 Å². The fourth-order valence-electron chi connectivity index (χ4n) is 3.98. The molecule has 162 valence electrons. The van der Waals surface area contributed by atoms with Gasteiger partial charge in [0.15, 0.2) is 0 Å². The van der Waals surface area contributed by atoms with Crippen LogP contribution in [0.4, 0.5) is 0 Å². The number of aryl methyl sites for hydroxylation is 1. The lowest BCUT2D eigenvalue weighted by molar-refractivity contribution is -0.117. The fourth-order valence-corrected chi connectivity index (χ4v) is 3.98. The Morgan fingerprint density at radius 1 is 0.875 bits per heavy atom. The van der Waals surface area contributed by atoms with Gasteiger partial charge in [0, 0.05) is 30.8 Å². The SMILES string of the molecule is Cc1ccc(C(=O)N2CCC(NC(=O)C=Cc3cccc(-c4ccccc4)c3)CC2)cc1. The maximum atomic E-state index is 12.7. The maximum Gasteiger partial charge on any atom is 0.253 e. The molecule has 4 rings (SSSR count). The second-order valence-electron chi connectivity index (χ2n) is 8.27. The van der Waals surface area contributed by atoms with Crippen molar-refractivity contribution >= 4 is 17.9 Å². The minimum atomic E-state index is -0.0987. The van der Waals surface area contributed by atoms with Crippen LogP contribution in [0.25, 0.3) is 17.2 Å². The van der Waals surface area contributed by atoms with Gasteiger partial charge in [0.25, 0.3) is 5.91 Å². The Kier molecular flexibility index (Phi) is 6.81. The molecule has 0 radical (unpaired) electrons. The van der Waals surface area contributed by atoms with E-state index in [-0.39, 0.29) is 17.9 Å². The number of piperidine rings is 1. The first kappa shape index (κ1) is 21.6. The Morgan fingerprint density at radius 2 is 1.56 bits per heavy atom. The summed E-state index contributed by atoms with van der Waals surface area (Å²) in [4.78, 5) is 27.0. The zero-order chi connectivity index (χ0) is 22.3. The van der Waals surface area contributed by atoms with E-state index in [0.717, 1.165) is 40.7 Å². The number of rotatable bonds is 5. The smallest absolute Gasteiger partial charge is 0.253 e. The highest BCUT2D eigenvalue weighted by molar-refractivity contribution is 5.94. The summed E-state index contributed by atoms with van der Waals surface area (Å²) >= 11 is 0. The van der Waals surface area contributed by atoms with Crippen LogP contribution in [0.15, 0.2) is 84.9 Å². The van der Waals surface area contributed by atoms with Gasteiger partial charge in [-0.25, -0.2) is 0 Å². The van der Waals surface area contributed by atoms with E-state index < -0.39 is 0 Å². The van der Waals surface area contributed by atoms with Crippen molar-refractivity contribution in [3.8, 4) is 11.1 Å². The van der Waals surface area contributed by atoms with E-state index in [9.17, 15) is 9.59 Å². The molecule has 1 N–H and O–H groups in total. The standard InChI is InChI=1S/C28H28N2O2/c1-21-10-13-24(14-11-21)28(32)30-18-16-26(17-19-30)29-27(31)15-12-22-6-5-9-25(20-22)23-7-3-2-4-8-23/h2-15,20,26H,16-19H2,1H3,(H,29,31). The Labute approximate surface area is 189 Å². The van der Waals surface area contributed by atoms with Crippen LogP contribution in [0, 0.1) is 6.92 Å². The molecule has 1 aliphatic rings.